The highest BCUT2D eigenvalue weighted by Crippen LogP contribution is 2.34. The fourth-order valence-corrected chi connectivity index (χ4v) is 2.90. The summed E-state index contributed by atoms with van der Waals surface area (Å²) in [7, 11) is 0. The third-order valence-electron chi connectivity index (χ3n) is 4.43. The molecule has 4 nitrogen and oxygen atoms in total. The molecular formula is C20H25F3N2O2. The van der Waals surface area contributed by atoms with Gasteiger partial charge in [-0.2, -0.15) is 0 Å². The summed E-state index contributed by atoms with van der Waals surface area (Å²) in [4.78, 5) is 12.1. The van der Waals surface area contributed by atoms with Crippen molar-refractivity contribution < 1.29 is 22.7 Å². The summed E-state index contributed by atoms with van der Waals surface area (Å²) in [5.74, 6) is -0.472. The molecule has 0 heterocycles. The summed E-state index contributed by atoms with van der Waals surface area (Å²) in [5.41, 5.74) is 5.81. The van der Waals surface area contributed by atoms with Gasteiger partial charge in [0.25, 0.3) is 0 Å². The minimum Gasteiger partial charge on any atom is -0.351 e. The van der Waals surface area contributed by atoms with E-state index in [1.54, 1.807) is 12.2 Å². The standard InChI is InChI=1S/C20H25F3N2O2/c1-2-3-9-17(24)18(26)25-14-19(27-20(21,22)23)12-10-16(11-13-19)15-7-5-4-6-8-15/h4-8,10-12,17H,2-3,9,13-14,24H2,1H3,(H,25,26). The van der Waals surface area contributed by atoms with E-state index in [0.29, 0.717) is 6.42 Å². The zero-order valence-electron chi connectivity index (χ0n) is 15.3. The lowest BCUT2D eigenvalue weighted by atomic mass is 9.89. The molecule has 0 fully saturated rings. The lowest BCUT2D eigenvalue weighted by Crippen LogP contribution is -2.50. The summed E-state index contributed by atoms with van der Waals surface area (Å²) < 4.78 is 43.2. The number of allylic oxidation sites excluding steroid dienone is 2. The molecule has 1 amide bonds. The van der Waals surface area contributed by atoms with Crippen LogP contribution in [0.2, 0.25) is 0 Å². The average molecular weight is 382 g/mol. The van der Waals surface area contributed by atoms with Crippen LogP contribution in [0.25, 0.3) is 5.57 Å². The maximum atomic E-state index is 12.9. The van der Waals surface area contributed by atoms with Crippen molar-refractivity contribution in [3.8, 4) is 0 Å². The number of benzene rings is 1. The van der Waals surface area contributed by atoms with Crippen LogP contribution < -0.4 is 11.1 Å². The number of nitrogens with two attached hydrogens (primary N) is 1. The summed E-state index contributed by atoms with van der Waals surface area (Å²) in [6.07, 6.45) is 1.96. The van der Waals surface area contributed by atoms with Gasteiger partial charge in [0.15, 0.2) is 0 Å². The Morgan fingerprint density at radius 3 is 2.59 bits per heavy atom. The molecule has 1 aliphatic rings. The summed E-state index contributed by atoms with van der Waals surface area (Å²) in [6.45, 7) is 1.67. The van der Waals surface area contributed by atoms with Gasteiger partial charge in [0.05, 0.1) is 12.6 Å². The summed E-state index contributed by atoms with van der Waals surface area (Å²) >= 11 is 0. The molecule has 0 radical (unpaired) electrons. The van der Waals surface area contributed by atoms with Crippen LogP contribution in [0.4, 0.5) is 13.2 Å². The highest BCUT2D eigenvalue weighted by molar-refractivity contribution is 5.81. The first-order chi connectivity index (χ1) is 12.7. The van der Waals surface area contributed by atoms with Crippen molar-refractivity contribution in [2.75, 3.05) is 6.54 Å². The first-order valence-corrected chi connectivity index (χ1v) is 9.00. The Labute approximate surface area is 157 Å². The number of hydrogen-bond donors (Lipinski definition) is 2. The fraction of sp³-hybridized carbons (Fsp3) is 0.450. The fourth-order valence-electron chi connectivity index (χ4n) is 2.90. The smallest absolute Gasteiger partial charge is 0.351 e. The largest absolute Gasteiger partial charge is 0.523 e. The molecule has 7 heteroatoms. The Morgan fingerprint density at radius 1 is 1.33 bits per heavy atom. The van der Waals surface area contributed by atoms with Crippen LogP contribution in [-0.2, 0) is 9.53 Å². The van der Waals surface area contributed by atoms with Gasteiger partial charge in [0.2, 0.25) is 5.91 Å². The zero-order valence-corrected chi connectivity index (χ0v) is 15.3. The molecule has 27 heavy (non-hydrogen) atoms. The molecule has 0 saturated heterocycles. The van der Waals surface area contributed by atoms with Gasteiger partial charge in [0.1, 0.15) is 5.60 Å². The van der Waals surface area contributed by atoms with E-state index in [4.69, 9.17) is 5.73 Å². The molecule has 1 aromatic rings. The van der Waals surface area contributed by atoms with Gasteiger partial charge in [-0.15, -0.1) is 13.2 Å². The van der Waals surface area contributed by atoms with E-state index in [0.717, 1.165) is 24.0 Å². The molecular weight excluding hydrogens is 357 g/mol. The van der Waals surface area contributed by atoms with Crippen molar-refractivity contribution >= 4 is 11.5 Å². The second-order valence-corrected chi connectivity index (χ2v) is 6.64. The van der Waals surface area contributed by atoms with E-state index >= 15 is 0 Å². The Hall–Kier alpha value is -2.12. The topological polar surface area (TPSA) is 64.4 Å². The third-order valence-corrected chi connectivity index (χ3v) is 4.43. The van der Waals surface area contributed by atoms with Crippen molar-refractivity contribution in [1.82, 2.24) is 5.32 Å². The number of amides is 1. The van der Waals surface area contributed by atoms with E-state index < -0.39 is 23.9 Å². The molecule has 0 aliphatic heterocycles. The van der Waals surface area contributed by atoms with Crippen LogP contribution in [0, 0.1) is 0 Å². The number of halogens is 3. The number of hydrogen-bond acceptors (Lipinski definition) is 3. The van der Waals surface area contributed by atoms with Gasteiger partial charge in [0, 0.05) is 6.42 Å². The molecule has 0 spiro atoms. The molecule has 2 unspecified atom stereocenters. The van der Waals surface area contributed by atoms with Crippen molar-refractivity contribution in [3.05, 3.63) is 54.1 Å². The number of rotatable bonds is 8. The van der Waals surface area contributed by atoms with Gasteiger partial charge in [-0.05, 0) is 23.6 Å². The Morgan fingerprint density at radius 2 is 2.04 bits per heavy atom. The quantitative estimate of drug-likeness (QED) is 0.716. The van der Waals surface area contributed by atoms with Gasteiger partial charge in [-0.3, -0.25) is 9.53 Å². The van der Waals surface area contributed by atoms with Crippen LogP contribution in [0.1, 0.15) is 38.2 Å². The maximum absolute atomic E-state index is 12.9. The highest BCUT2D eigenvalue weighted by atomic mass is 19.4. The van der Waals surface area contributed by atoms with Crippen LogP contribution in [-0.4, -0.2) is 30.5 Å². The van der Waals surface area contributed by atoms with Crippen molar-refractivity contribution in [2.45, 2.75) is 50.6 Å². The number of unbranched alkanes of at least 4 members (excludes halogenated alkanes) is 1. The highest BCUT2D eigenvalue weighted by Gasteiger charge is 2.43. The van der Waals surface area contributed by atoms with Crippen LogP contribution in [0.15, 0.2) is 48.6 Å². The predicted molar refractivity (Wildman–Crippen MR) is 98.6 cm³/mol. The molecule has 1 aliphatic carbocycles. The molecule has 0 aromatic heterocycles. The minimum atomic E-state index is -4.82. The van der Waals surface area contributed by atoms with Crippen molar-refractivity contribution in [1.29, 1.82) is 0 Å². The second-order valence-electron chi connectivity index (χ2n) is 6.64. The zero-order chi connectivity index (χ0) is 19.9. The molecule has 0 saturated carbocycles. The number of ether oxygens (including phenoxy) is 1. The Bertz CT molecular complexity index is 686. The number of nitrogens with one attached hydrogen (secondary N) is 1. The van der Waals surface area contributed by atoms with Gasteiger partial charge in [-0.1, -0.05) is 62.2 Å². The Kier molecular flexibility index (Phi) is 7.21. The van der Waals surface area contributed by atoms with E-state index in [1.807, 2.05) is 37.3 Å². The van der Waals surface area contributed by atoms with Crippen LogP contribution in [0.3, 0.4) is 0 Å². The summed E-state index contributed by atoms with van der Waals surface area (Å²) in [6, 6.07) is 8.59. The molecule has 2 atom stereocenters. The van der Waals surface area contributed by atoms with Gasteiger partial charge in [-0.25, -0.2) is 0 Å². The first kappa shape index (κ1) is 21.2. The average Bonchev–Trinajstić information content (AvgIpc) is 2.64. The number of carbonyl (C=O) groups is 1. The SMILES string of the molecule is CCCCC(N)C(=O)NCC1(OC(F)(F)F)C=CC(c2ccccc2)=CC1. The van der Waals surface area contributed by atoms with E-state index in [2.05, 4.69) is 10.1 Å². The summed E-state index contributed by atoms with van der Waals surface area (Å²) in [5, 5.41) is 2.51. The predicted octanol–water partition coefficient (Wildman–Crippen LogP) is 3.94. The van der Waals surface area contributed by atoms with Crippen molar-refractivity contribution in [3.63, 3.8) is 0 Å². The molecule has 1 aromatic carbocycles. The monoisotopic (exact) mass is 382 g/mol. The molecule has 3 N–H and O–H groups in total. The molecule has 0 bridgehead atoms. The Balaban J connectivity index is 2.08. The molecule has 148 valence electrons. The minimum absolute atomic E-state index is 0.0162. The third kappa shape index (κ3) is 6.52. The second kappa shape index (κ2) is 9.19. The van der Waals surface area contributed by atoms with Crippen LogP contribution >= 0.6 is 0 Å². The van der Waals surface area contributed by atoms with Crippen LogP contribution in [0.5, 0.6) is 0 Å². The maximum Gasteiger partial charge on any atom is 0.523 e. The van der Waals surface area contributed by atoms with Crippen molar-refractivity contribution in [2.24, 2.45) is 5.73 Å². The lowest BCUT2D eigenvalue weighted by molar-refractivity contribution is -0.357. The first-order valence-electron chi connectivity index (χ1n) is 9.00. The van der Waals surface area contributed by atoms with E-state index in [9.17, 15) is 18.0 Å². The lowest BCUT2D eigenvalue weighted by Gasteiger charge is -2.33. The van der Waals surface area contributed by atoms with E-state index in [-0.39, 0.29) is 13.0 Å². The molecule has 2 rings (SSSR count). The number of alkyl halides is 3. The van der Waals surface area contributed by atoms with Gasteiger partial charge < -0.3 is 11.1 Å². The number of carbonyl (C=O) groups excluding carboxylic acids is 1. The van der Waals surface area contributed by atoms with E-state index in [1.165, 1.54) is 6.08 Å². The normalized spacial score (nSPS) is 20.9. The van der Waals surface area contributed by atoms with Gasteiger partial charge >= 0.3 is 6.36 Å².